The van der Waals surface area contributed by atoms with Crippen LogP contribution in [0.5, 0.6) is 0 Å². The normalized spacial score (nSPS) is 17.6. The first kappa shape index (κ1) is 20.8. The number of aromatic nitrogens is 2. The van der Waals surface area contributed by atoms with E-state index in [0.717, 1.165) is 28.6 Å². The lowest BCUT2D eigenvalue weighted by molar-refractivity contribution is -0.128. The molecular weight excluding hydrogens is 420 g/mol. The van der Waals surface area contributed by atoms with Crippen molar-refractivity contribution >= 4 is 45.9 Å². The van der Waals surface area contributed by atoms with Gasteiger partial charge in [0.05, 0.1) is 17.6 Å². The standard InChI is InChI=1S/C21H22N4O3S2/c1-12-2-3-13-10-14(4-5-15(13)23-12)19(22)17-6-7-18(26)25(17)8-9-29-21-24-16(11-30-21)20(27)28/h2-5,10-11,17,19H,6-9,22H2,1H3,(H,27,28)/t17-,19?/m1/s1. The highest BCUT2D eigenvalue weighted by molar-refractivity contribution is 8.01. The summed E-state index contributed by atoms with van der Waals surface area (Å²) in [5, 5.41) is 11.5. The lowest BCUT2D eigenvalue weighted by Gasteiger charge is -2.30. The zero-order valence-electron chi connectivity index (χ0n) is 16.4. The van der Waals surface area contributed by atoms with Crippen molar-refractivity contribution in [3.05, 3.63) is 52.7 Å². The molecule has 3 heterocycles. The Hall–Kier alpha value is -2.49. The van der Waals surface area contributed by atoms with Gasteiger partial charge in [0.1, 0.15) is 0 Å². The number of carbonyl (C=O) groups excluding carboxylic acids is 1. The fraction of sp³-hybridized carbons (Fsp3) is 0.333. The van der Waals surface area contributed by atoms with E-state index in [9.17, 15) is 9.59 Å². The Balaban J connectivity index is 1.43. The number of carboxylic acid groups (broad SMARTS) is 1. The Bertz CT molecular complexity index is 1100. The van der Waals surface area contributed by atoms with Crippen molar-refractivity contribution in [1.82, 2.24) is 14.9 Å². The molecule has 3 N–H and O–H groups in total. The summed E-state index contributed by atoms with van der Waals surface area (Å²) in [6.45, 7) is 2.52. The minimum atomic E-state index is -1.03. The van der Waals surface area contributed by atoms with Gasteiger partial charge in [-0.3, -0.25) is 9.78 Å². The average molecular weight is 443 g/mol. The van der Waals surface area contributed by atoms with Crippen LogP contribution in [0.3, 0.4) is 0 Å². The van der Waals surface area contributed by atoms with Crippen LogP contribution in [0.15, 0.2) is 40.1 Å². The number of hydrogen-bond acceptors (Lipinski definition) is 7. The van der Waals surface area contributed by atoms with Gasteiger partial charge in [0.25, 0.3) is 0 Å². The smallest absolute Gasteiger partial charge is 0.355 e. The molecule has 0 bridgehead atoms. The van der Waals surface area contributed by atoms with E-state index in [1.54, 1.807) is 0 Å². The number of carboxylic acids is 1. The van der Waals surface area contributed by atoms with Gasteiger partial charge in [-0.1, -0.05) is 23.9 Å². The van der Waals surface area contributed by atoms with Crippen molar-refractivity contribution in [3.8, 4) is 0 Å². The predicted molar refractivity (Wildman–Crippen MR) is 118 cm³/mol. The van der Waals surface area contributed by atoms with Crippen molar-refractivity contribution in [2.75, 3.05) is 12.3 Å². The second-order valence-electron chi connectivity index (χ2n) is 7.28. The quantitative estimate of drug-likeness (QED) is 0.539. The first-order valence-corrected chi connectivity index (χ1v) is 11.5. The molecule has 9 heteroatoms. The molecule has 1 amide bonds. The van der Waals surface area contributed by atoms with Crippen LogP contribution in [0.4, 0.5) is 0 Å². The number of nitrogens with zero attached hydrogens (tertiary/aromatic N) is 3. The molecule has 0 saturated carbocycles. The van der Waals surface area contributed by atoms with Crippen LogP contribution in [0.2, 0.25) is 0 Å². The Morgan fingerprint density at radius 2 is 2.20 bits per heavy atom. The summed E-state index contributed by atoms with van der Waals surface area (Å²) >= 11 is 2.77. The maximum absolute atomic E-state index is 12.5. The van der Waals surface area contributed by atoms with Crippen molar-refractivity contribution in [3.63, 3.8) is 0 Å². The van der Waals surface area contributed by atoms with Gasteiger partial charge in [0, 0.05) is 35.2 Å². The van der Waals surface area contributed by atoms with Crippen LogP contribution < -0.4 is 5.73 Å². The number of likely N-dealkylation sites (tertiary alicyclic amines) is 1. The number of aryl methyl sites for hydroxylation is 1. The number of fused-ring (bicyclic) bond motifs is 1. The fourth-order valence-corrected chi connectivity index (χ4v) is 5.56. The van der Waals surface area contributed by atoms with Crippen molar-refractivity contribution in [1.29, 1.82) is 0 Å². The summed E-state index contributed by atoms with van der Waals surface area (Å²) in [4.78, 5) is 33.9. The molecule has 0 aliphatic carbocycles. The van der Waals surface area contributed by atoms with Crippen LogP contribution in [0.25, 0.3) is 10.9 Å². The Labute approximate surface area is 182 Å². The summed E-state index contributed by atoms with van der Waals surface area (Å²) in [6, 6.07) is 9.74. The number of carbonyl (C=O) groups is 2. The molecule has 4 rings (SSSR count). The summed E-state index contributed by atoms with van der Waals surface area (Å²) in [7, 11) is 0. The first-order chi connectivity index (χ1) is 14.4. The Kier molecular flexibility index (Phi) is 6.03. The van der Waals surface area contributed by atoms with Gasteiger partial charge in [-0.2, -0.15) is 0 Å². The number of nitrogens with two attached hydrogens (primary N) is 1. The molecule has 3 aromatic rings. The SMILES string of the molecule is Cc1ccc2cc(C(N)[C@H]3CCC(=O)N3CCSc3nc(C(=O)O)cs3)ccc2n1. The van der Waals surface area contributed by atoms with Crippen molar-refractivity contribution in [2.45, 2.75) is 36.2 Å². The van der Waals surface area contributed by atoms with Gasteiger partial charge < -0.3 is 15.7 Å². The van der Waals surface area contributed by atoms with E-state index >= 15 is 0 Å². The van der Waals surface area contributed by atoms with E-state index in [-0.39, 0.29) is 23.7 Å². The van der Waals surface area contributed by atoms with Crippen LogP contribution in [0.1, 0.15) is 40.6 Å². The van der Waals surface area contributed by atoms with Gasteiger partial charge in [-0.25, -0.2) is 9.78 Å². The number of pyridine rings is 1. The van der Waals surface area contributed by atoms with E-state index in [1.165, 1.54) is 28.5 Å². The predicted octanol–water partition coefficient (Wildman–Crippen LogP) is 3.48. The lowest BCUT2D eigenvalue weighted by Crippen LogP contribution is -2.41. The molecule has 1 aliphatic heterocycles. The minimum Gasteiger partial charge on any atom is -0.476 e. The zero-order valence-corrected chi connectivity index (χ0v) is 18.1. The number of benzene rings is 1. The maximum atomic E-state index is 12.5. The van der Waals surface area contributed by atoms with E-state index in [2.05, 4.69) is 16.0 Å². The summed E-state index contributed by atoms with van der Waals surface area (Å²) in [5.41, 5.74) is 9.56. The van der Waals surface area contributed by atoms with E-state index in [4.69, 9.17) is 10.8 Å². The van der Waals surface area contributed by atoms with Crippen LogP contribution >= 0.6 is 23.1 Å². The molecule has 1 aromatic carbocycles. The lowest BCUT2D eigenvalue weighted by atomic mass is 9.96. The number of aromatic carboxylic acids is 1. The van der Waals surface area contributed by atoms with Gasteiger partial charge in [0.2, 0.25) is 5.91 Å². The Morgan fingerprint density at radius 1 is 1.37 bits per heavy atom. The molecular formula is C21H22N4O3S2. The maximum Gasteiger partial charge on any atom is 0.355 e. The number of amides is 1. The fourth-order valence-electron chi connectivity index (χ4n) is 3.75. The van der Waals surface area contributed by atoms with Crippen molar-refractivity contribution < 1.29 is 14.7 Å². The topological polar surface area (TPSA) is 109 Å². The highest BCUT2D eigenvalue weighted by atomic mass is 32.2. The molecule has 1 aliphatic rings. The summed E-state index contributed by atoms with van der Waals surface area (Å²) < 4.78 is 0.692. The molecule has 7 nitrogen and oxygen atoms in total. The van der Waals surface area contributed by atoms with Crippen LogP contribution in [-0.4, -0.2) is 50.2 Å². The highest BCUT2D eigenvalue weighted by Crippen LogP contribution is 2.31. The van der Waals surface area contributed by atoms with Gasteiger partial charge in [0.15, 0.2) is 10.0 Å². The third-order valence-corrected chi connectivity index (χ3v) is 7.29. The Morgan fingerprint density at radius 3 is 2.97 bits per heavy atom. The van der Waals surface area contributed by atoms with Gasteiger partial charge in [-0.05, 0) is 37.1 Å². The second kappa shape index (κ2) is 8.71. The molecule has 2 aromatic heterocycles. The van der Waals surface area contributed by atoms with Crippen molar-refractivity contribution in [2.24, 2.45) is 5.73 Å². The molecule has 1 fully saturated rings. The zero-order chi connectivity index (χ0) is 21.3. The molecule has 30 heavy (non-hydrogen) atoms. The third-order valence-electron chi connectivity index (χ3n) is 5.29. The molecule has 0 radical (unpaired) electrons. The van der Waals surface area contributed by atoms with E-state index < -0.39 is 5.97 Å². The van der Waals surface area contributed by atoms with E-state index in [0.29, 0.717) is 23.1 Å². The number of hydrogen-bond donors (Lipinski definition) is 2. The minimum absolute atomic E-state index is 0.0557. The number of thioether (sulfide) groups is 1. The summed E-state index contributed by atoms with van der Waals surface area (Å²) in [5.74, 6) is -0.276. The molecule has 0 spiro atoms. The molecule has 1 saturated heterocycles. The van der Waals surface area contributed by atoms with Crippen LogP contribution in [-0.2, 0) is 4.79 Å². The summed E-state index contributed by atoms with van der Waals surface area (Å²) in [6.07, 6.45) is 1.23. The third kappa shape index (κ3) is 4.33. The highest BCUT2D eigenvalue weighted by Gasteiger charge is 2.35. The van der Waals surface area contributed by atoms with E-state index in [1.807, 2.05) is 36.1 Å². The molecule has 156 valence electrons. The van der Waals surface area contributed by atoms with Gasteiger partial charge in [-0.15, -0.1) is 11.3 Å². The largest absolute Gasteiger partial charge is 0.476 e. The second-order valence-corrected chi connectivity index (χ2v) is 9.48. The average Bonchev–Trinajstić information content (AvgIpc) is 3.34. The number of rotatable bonds is 7. The monoisotopic (exact) mass is 442 g/mol. The van der Waals surface area contributed by atoms with Gasteiger partial charge >= 0.3 is 5.97 Å². The molecule has 2 atom stereocenters. The molecule has 1 unspecified atom stereocenters. The van der Waals surface area contributed by atoms with Crippen LogP contribution in [0, 0.1) is 6.92 Å². The number of thiazole rings is 1. The first-order valence-electron chi connectivity index (χ1n) is 9.66.